The Morgan fingerprint density at radius 1 is 1.14 bits per heavy atom. The first kappa shape index (κ1) is 21.1. The zero-order chi connectivity index (χ0) is 20.6. The summed E-state index contributed by atoms with van der Waals surface area (Å²) in [5, 5.41) is 6.22. The number of hydrogen-bond acceptors (Lipinski definition) is 4. The van der Waals surface area contributed by atoms with E-state index in [4.69, 9.17) is 9.47 Å². The van der Waals surface area contributed by atoms with Gasteiger partial charge in [-0.15, -0.1) is 0 Å². The van der Waals surface area contributed by atoms with Crippen molar-refractivity contribution in [1.29, 1.82) is 0 Å². The fourth-order valence-electron chi connectivity index (χ4n) is 3.63. The first-order valence-electron chi connectivity index (χ1n) is 10.1. The van der Waals surface area contributed by atoms with E-state index in [1.165, 1.54) is 0 Å². The zero-order valence-electron chi connectivity index (χ0n) is 17.5. The molecule has 1 aliphatic heterocycles. The number of nitrogens with zero attached hydrogens (tertiary/aromatic N) is 1. The van der Waals surface area contributed by atoms with Crippen LogP contribution in [0.2, 0.25) is 0 Å². The number of carbonyl (C=O) groups is 1. The normalized spacial score (nSPS) is 16.7. The van der Waals surface area contributed by atoms with Crippen LogP contribution in [-0.4, -0.2) is 50.9 Å². The van der Waals surface area contributed by atoms with E-state index in [1.54, 1.807) is 7.11 Å². The van der Waals surface area contributed by atoms with E-state index in [2.05, 4.69) is 27.7 Å². The number of morpholine rings is 1. The molecule has 6 heteroatoms. The summed E-state index contributed by atoms with van der Waals surface area (Å²) in [6.07, 6.45) is 0. The molecule has 0 aliphatic carbocycles. The summed E-state index contributed by atoms with van der Waals surface area (Å²) in [7, 11) is 1.65. The summed E-state index contributed by atoms with van der Waals surface area (Å²) < 4.78 is 10.9. The molecule has 1 heterocycles. The third-order valence-corrected chi connectivity index (χ3v) is 5.25. The predicted octanol–water partition coefficient (Wildman–Crippen LogP) is 3.44. The smallest absolute Gasteiger partial charge is 0.315 e. The van der Waals surface area contributed by atoms with Gasteiger partial charge in [0.15, 0.2) is 0 Å². The maximum absolute atomic E-state index is 12.8. The summed E-state index contributed by atoms with van der Waals surface area (Å²) in [5.41, 5.74) is 3.19. The largest absolute Gasteiger partial charge is 0.496 e. The molecular formula is C23H31N3O3. The van der Waals surface area contributed by atoms with Crippen molar-refractivity contribution >= 4 is 6.03 Å². The van der Waals surface area contributed by atoms with Gasteiger partial charge in [0.1, 0.15) is 5.75 Å². The lowest BCUT2D eigenvalue weighted by Crippen LogP contribution is -2.46. The Bertz CT molecular complexity index is 791. The number of amides is 2. The predicted molar refractivity (Wildman–Crippen MR) is 114 cm³/mol. The first-order valence-corrected chi connectivity index (χ1v) is 10.1. The van der Waals surface area contributed by atoms with Crippen LogP contribution < -0.4 is 15.4 Å². The molecule has 2 N–H and O–H groups in total. The second kappa shape index (κ2) is 10.3. The first-order chi connectivity index (χ1) is 14.1. The average Bonchev–Trinajstić information content (AvgIpc) is 2.74. The summed E-state index contributed by atoms with van der Waals surface area (Å²) in [4.78, 5) is 15.2. The molecule has 0 bridgehead atoms. The van der Waals surface area contributed by atoms with Gasteiger partial charge in [0.25, 0.3) is 0 Å². The number of aryl methyl sites for hydroxylation is 1. The Kier molecular flexibility index (Phi) is 7.49. The van der Waals surface area contributed by atoms with Gasteiger partial charge < -0.3 is 20.1 Å². The molecular weight excluding hydrogens is 366 g/mol. The van der Waals surface area contributed by atoms with Gasteiger partial charge in [0.05, 0.1) is 32.4 Å². The minimum absolute atomic E-state index is 0.0964. The van der Waals surface area contributed by atoms with Crippen molar-refractivity contribution in [1.82, 2.24) is 15.5 Å². The molecule has 3 rings (SSSR count). The molecule has 0 radical (unpaired) electrons. The molecule has 2 atom stereocenters. The maximum atomic E-state index is 12.8. The van der Waals surface area contributed by atoms with Gasteiger partial charge in [0, 0.05) is 25.2 Å². The van der Waals surface area contributed by atoms with Crippen LogP contribution in [-0.2, 0) is 4.74 Å². The van der Waals surface area contributed by atoms with E-state index >= 15 is 0 Å². The van der Waals surface area contributed by atoms with Crippen LogP contribution in [0.15, 0.2) is 48.5 Å². The highest BCUT2D eigenvalue weighted by Gasteiger charge is 2.21. The topological polar surface area (TPSA) is 62.8 Å². The molecule has 1 fully saturated rings. The quantitative estimate of drug-likeness (QED) is 0.751. The highest BCUT2D eigenvalue weighted by molar-refractivity contribution is 5.75. The van der Waals surface area contributed by atoms with Crippen LogP contribution in [0.1, 0.15) is 35.7 Å². The van der Waals surface area contributed by atoms with Crippen molar-refractivity contribution in [3.63, 3.8) is 0 Å². The minimum Gasteiger partial charge on any atom is -0.496 e. The van der Waals surface area contributed by atoms with Gasteiger partial charge in [-0.05, 0) is 25.5 Å². The van der Waals surface area contributed by atoms with Gasteiger partial charge in [-0.3, -0.25) is 4.90 Å². The van der Waals surface area contributed by atoms with Crippen molar-refractivity contribution < 1.29 is 14.3 Å². The van der Waals surface area contributed by atoms with Crippen molar-refractivity contribution in [3.8, 4) is 5.75 Å². The van der Waals surface area contributed by atoms with Crippen molar-refractivity contribution in [3.05, 3.63) is 65.2 Å². The van der Waals surface area contributed by atoms with E-state index in [0.717, 1.165) is 55.3 Å². The fraction of sp³-hybridized carbons (Fsp3) is 0.435. The lowest BCUT2D eigenvalue weighted by molar-refractivity contribution is 0.0339. The molecule has 6 nitrogen and oxygen atoms in total. The molecule has 1 saturated heterocycles. The Labute approximate surface area is 173 Å². The Morgan fingerprint density at radius 3 is 2.55 bits per heavy atom. The lowest BCUT2D eigenvalue weighted by Gasteiger charge is -2.31. The molecule has 2 amide bonds. The van der Waals surface area contributed by atoms with Gasteiger partial charge >= 0.3 is 6.03 Å². The van der Waals surface area contributed by atoms with Crippen molar-refractivity contribution in [2.24, 2.45) is 0 Å². The third-order valence-electron chi connectivity index (χ3n) is 5.25. The number of benzene rings is 2. The van der Waals surface area contributed by atoms with Crippen LogP contribution in [0, 0.1) is 6.92 Å². The summed E-state index contributed by atoms with van der Waals surface area (Å²) in [6, 6.07) is 15.6. The fourth-order valence-corrected chi connectivity index (χ4v) is 3.63. The van der Waals surface area contributed by atoms with Gasteiger partial charge in [0.2, 0.25) is 0 Å². The highest BCUT2D eigenvalue weighted by Crippen LogP contribution is 2.26. The molecule has 1 aliphatic rings. The maximum Gasteiger partial charge on any atom is 0.315 e. The summed E-state index contributed by atoms with van der Waals surface area (Å²) >= 11 is 0. The number of urea groups is 1. The molecule has 0 aromatic heterocycles. The molecule has 0 saturated carbocycles. The molecule has 156 valence electrons. The van der Waals surface area contributed by atoms with Gasteiger partial charge in [-0.2, -0.15) is 0 Å². The van der Waals surface area contributed by atoms with Crippen LogP contribution in [0.5, 0.6) is 5.75 Å². The molecule has 29 heavy (non-hydrogen) atoms. The standard InChI is InChI=1S/C23H31N3O3/c1-17-9-10-22(28-3)20(15-17)18(2)24-23(27)25-21(19-7-5-4-6-8-19)16-26-11-13-29-14-12-26/h4-10,15,18,21H,11-14,16H2,1-3H3,(H2,24,25,27). The van der Waals surface area contributed by atoms with Gasteiger partial charge in [-0.25, -0.2) is 4.79 Å². The number of ether oxygens (including phenoxy) is 2. The van der Waals surface area contributed by atoms with E-state index in [0.29, 0.717) is 0 Å². The Hall–Kier alpha value is -2.57. The minimum atomic E-state index is -0.192. The van der Waals surface area contributed by atoms with Gasteiger partial charge in [-0.1, -0.05) is 48.0 Å². The average molecular weight is 398 g/mol. The Balaban J connectivity index is 1.68. The van der Waals surface area contributed by atoms with E-state index in [1.807, 2.05) is 50.2 Å². The number of hydrogen-bond donors (Lipinski definition) is 2. The second-order valence-electron chi connectivity index (χ2n) is 7.46. The summed E-state index contributed by atoms with van der Waals surface area (Å²) in [6.45, 7) is 7.98. The Morgan fingerprint density at radius 2 is 1.86 bits per heavy atom. The number of methoxy groups -OCH3 is 1. The highest BCUT2D eigenvalue weighted by atomic mass is 16.5. The van der Waals surface area contributed by atoms with E-state index in [9.17, 15) is 4.79 Å². The van der Waals surface area contributed by atoms with Crippen LogP contribution >= 0.6 is 0 Å². The van der Waals surface area contributed by atoms with E-state index in [-0.39, 0.29) is 18.1 Å². The SMILES string of the molecule is COc1ccc(C)cc1C(C)NC(=O)NC(CN1CCOCC1)c1ccccc1. The van der Waals surface area contributed by atoms with Crippen LogP contribution in [0.4, 0.5) is 4.79 Å². The van der Waals surface area contributed by atoms with Crippen molar-refractivity contribution in [2.45, 2.75) is 25.9 Å². The molecule has 0 spiro atoms. The number of carbonyl (C=O) groups excluding carboxylic acids is 1. The zero-order valence-corrected chi connectivity index (χ0v) is 17.5. The molecule has 2 unspecified atom stereocenters. The lowest BCUT2D eigenvalue weighted by atomic mass is 10.0. The van der Waals surface area contributed by atoms with Crippen molar-refractivity contribution in [2.75, 3.05) is 40.0 Å². The number of nitrogens with one attached hydrogen (secondary N) is 2. The number of rotatable bonds is 7. The van der Waals surface area contributed by atoms with Crippen LogP contribution in [0.25, 0.3) is 0 Å². The summed E-state index contributed by atoms with van der Waals surface area (Å²) in [5.74, 6) is 0.774. The molecule has 2 aromatic rings. The van der Waals surface area contributed by atoms with E-state index < -0.39 is 0 Å². The van der Waals surface area contributed by atoms with Crippen LogP contribution in [0.3, 0.4) is 0 Å². The monoisotopic (exact) mass is 397 g/mol. The second-order valence-corrected chi connectivity index (χ2v) is 7.46. The third kappa shape index (κ3) is 5.95. The molecule has 2 aromatic carbocycles.